The quantitative estimate of drug-likeness (QED) is 0.891. The molecule has 0 spiro atoms. The van der Waals surface area contributed by atoms with E-state index in [2.05, 4.69) is 35.9 Å². The van der Waals surface area contributed by atoms with E-state index in [1.165, 1.54) is 12.8 Å². The predicted molar refractivity (Wildman–Crippen MR) is 93.6 cm³/mol. The second kappa shape index (κ2) is 7.23. The number of aromatic carboxylic acids is 1. The fourth-order valence-corrected chi connectivity index (χ4v) is 4.32. The number of carboxylic acids is 1. The van der Waals surface area contributed by atoms with Gasteiger partial charge in [0.05, 0.1) is 0 Å². The van der Waals surface area contributed by atoms with Gasteiger partial charge in [0, 0.05) is 29.9 Å². The normalized spacial score (nSPS) is 22.8. The molecule has 6 nitrogen and oxygen atoms in total. The monoisotopic (exact) mass is 334 g/mol. The number of piperidine rings is 1. The third kappa shape index (κ3) is 3.35. The minimum atomic E-state index is -0.881. The number of carbonyl (C=O) groups is 1. The molecule has 134 valence electrons. The summed E-state index contributed by atoms with van der Waals surface area (Å²) in [5, 5.41) is 13.9. The summed E-state index contributed by atoms with van der Waals surface area (Å²) in [4.78, 5) is 16.5. The lowest BCUT2D eigenvalue weighted by molar-refractivity contribution is 0.0686. The molecule has 24 heavy (non-hydrogen) atoms. The Hall–Kier alpha value is -1.40. The van der Waals surface area contributed by atoms with Crippen molar-refractivity contribution in [3.05, 3.63) is 17.0 Å². The van der Waals surface area contributed by atoms with Crippen LogP contribution in [0.4, 0.5) is 0 Å². The lowest BCUT2D eigenvalue weighted by Gasteiger charge is -2.41. The Morgan fingerprint density at radius 3 is 2.58 bits per heavy atom. The summed E-state index contributed by atoms with van der Waals surface area (Å²) in [7, 11) is 4.32. The highest BCUT2D eigenvalue weighted by Gasteiger charge is 2.33. The van der Waals surface area contributed by atoms with Crippen molar-refractivity contribution in [2.45, 2.75) is 64.1 Å². The van der Waals surface area contributed by atoms with Gasteiger partial charge in [0.15, 0.2) is 5.69 Å². The van der Waals surface area contributed by atoms with Crippen LogP contribution < -0.4 is 0 Å². The average Bonchev–Trinajstić information content (AvgIpc) is 2.93. The highest BCUT2D eigenvalue weighted by molar-refractivity contribution is 5.87. The van der Waals surface area contributed by atoms with Gasteiger partial charge in [0.25, 0.3) is 0 Å². The molecule has 3 rings (SSSR count). The van der Waals surface area contributed by atoms with Crippen molar-refractivity contribution in [3.63, 3.8) is 0 Å². The van der Waals surface area contributed by atoms with Crippen molar-refractivity contribution >= 4 is 5.97 Å². The standard InChI is InChI=1S/C18H30N4O2/c1-4-9-22-16-6-5-14(12-15(16)17(19-22)18(23)24)21-10-7-13(8-11-21)20(2)3/h13-14H,4-12H2,1-3H3,(H,23,24)/t14-/m1/s1. The number of aromatic nitrogens is 2. The Bertz CT molecular complexity index is 588. The Balaban J connectivity index is 1.73. The molecule has 0 unspecified atom stereocenters. The molecule has 1 aliphatic carbocycles. The zero-order chi connectivity index (χ0) is 17.3. The van der Waals surface area contributed by atoms with Gasteiger partial charge < -0.3 is 10.0 Å². The molecule has 1 atom stereocenters. The van der Waals surface area contributed by atoms with Crippen LogP contribution in [0.15, 0.2) is 0 Å². The van der Waals surface area contributed by atoms with Crippen LogP contribution in [0.3, 0.4) is 0 Å². The number of hydrogen-bond donors (Lipinski definition) is 1. The number of aryl methyl sites for hydroxylation is 1. The molecule has 0 amide bonds. The van der Waals surface area contributed by atoms with Crippen molar-refractivity contribution < 1.29 is 9.90 Å². The Morgan fingerprint density at radius 1 is 1.29 bits per heavy atom. The summed E-state index contributed by atoms with van der Waals surface area (Å²) in [5.41, 5.74) is 2.43. The van der Waals surface area contributed by atoms with Gasteiger partial charge in [0.1, 0.15) is 0 Å². The first kappa shape index (κ1) is 17.4. The lowest BCUT2D eigenvalue weighted by atomic mass is 9.88. The Labute approximate surface area is 144 Å². The van der Waals surface area contributed by atoms with Gasteiger partial charge in [-0.05, 0) is 65.7 Å². The van der Waals surface area contributed by atoms with E-state index in [9.17, 15) is 9.90 Å². The van der Waals surface area contributed by atoms with E-state index in [-0.39, 0.29) is 5.69 Å². The van der Waals surface area contributed by atoms with Crippen LogP contribution in [0.25, 0.3) is 0 Å². The highest BCUT2D eigenvalue weighted by Crippen LogP contribution is 2.29. The molecule has 0 saturated carbocycles. The van der Waals surface area contributed by atoms with Crippen LogP contribution in [-0.4, -0.2) is 69.9 Å². The maximum Gasteiger partial charge on any atom is 0.356 e. The van der Waals surface area contributed by atoms with Crippen LogP contribution in [0.2, 0.25) is 0 Å². The number of nitrogens with zero attached hydrogens (tertiary/aromatic N) is 4. The van der Waals surface area contributed by atoms with Gasteiger partial charge in [-0.2, -0.15) is 5.10 Å². The molecular weight excluding hydrogens is 304 g/mol. The predicted octanol–water partition coefficient (Wildman–Crippen LogP) is 1.87. The minimum absolute atomic E-state index is 0.284. The number of hydrogen-bond acceptors (Lipinski definition) is 4. The molecule has 2 heterocycles. The van der Waals surface area contributed by atoms with Crippen LogP contribution in [0, 0.1) is 0 Å². The summed E-state index contributed by atoms with van der Waals surface area (Å²) in [6, 6.07) is 1.15. The molecule has 1 saturated heterocycles. The largest absolute Gasteiger partial charge is 0.476 e. The topological polar surface area (TPSA) is 61.6 Å². The van der Waals surface area contributed by atoms with E-state index in [0.717, 1.165) is 56.6 Å². The fraction of sp³-hybridized carbons (Fsp3) is 0.778. The summed E-state index contributed by atoms with van der Waals surface area (Å²) in [5.74, 6) is -0.881. The summed E-state index contributed by atoms with van der Waals surface area (Å²) in [6.45, 7) is 5.16. The maximum atomic E-state index is 11.6. The second-order valence-corrected chi connectivity index (χ2v) is 7.43. The Kier molecular flexibility index (Phi) is 5.25. The molecule has 0 aromatic carbocycles. The lowest BCUT2D eigenvalue weighted by Crippen LogP contribution is -2.48. The number of fused-ring (bicyclic) bond motifs is 1. The summed E-state index contributed by atoms with van der Waals surface area (Å²) < 4.78 is 1.94. The van der Waals surface area contributed by atoms with Gasteiger partial charge in [-0.1, -0.05) is 6.92 Å². The molecule has 6 heteroatoms. The highest BCUT2D eigenvalue weighted by atomic mass is 16.4. The van der Waals surface area contributed by atoms with E-state index < -0.39 is 5.97 Å². The maximum absolute atomic E-state index is 11.6. The fourth-order valence-electron chi connectivity index (χ4n) is 4.32. The van der Waals surface area contributed by atoms with E-state index in [0.29, 0.717) is 12.1 Å². The van der Waals surface area contributed by atoms with Gasteiger partial charge in [0.2, 0.25) is 0 Å². The van der Waals surface area contributed by atoms with Crippen LogP contribution >= 0.6 is 0 Å². The number of rotatable bonds is 5. The molecule has 1 fully saturated rings. The van der Waals surface area contributed by atoms with Gasteiger partial charge >= 0.3 is 5.97 Å². The first-order valence-corrected chi connectivity index (χ1v) is 9.23. The summed E-state index contributed by atoms with van der Waals surface area (Å²) in [6.07, 6.45) is 6.30. The zero-order valence-corrected chi connectivity index (χ0v) is 15.2. The second-order valence-electron chi connectivity index (χ2n) is 7.43. The molecule has 1 aromatic heterocycles. The molecule has 0 radical (unpaired) electrons. The van der Waals surface area contributed by atoms with Crippen molar-refractivity contribution in [1.29, 1.82) is 0 Å². The number of likely N-dealkylation sites (tertiary alicyclic amines) is 1. The first-order chi connectivity index (χ1) is 11.5. The third-order valence-corrected chi connectivity index (χ3v) is 5.70. The molecule has 1 aliphatic heterocycles. The number of carboxylic acid groups (broad SMARTS) is 1. The van der Waals surface area contributed by atoms with E-state index in [4.69, 9.17) is 0 Å². The SMILES string of the molecule is CCCn1nc(C(=O)O)c2c1CC[C@@H](N1CCC(N(C)C)CC1)C2. The van der Waals surface area contributed by atoms with Crippen molar-refractivity contribution in [2.75, 3.05) is 27.2 Å². The van der Waals surface area contributed by atoms with Crippen LogP contribution in [0.5, 0.6) is 0 Å². The van der Waals surface area contributed by atoms with Crippen molar-refractivity contribution in [2.24, 2.45) is 0 Å². The first-order valence-electron chi connectivity index (χ1n) is 9.23. The van der Waals surface area contributed by atoms with Gasteiger partial charge in [-0.15, -0.1) is 0 Å². The molecule has 2 aliphatic rings. The van der Waals surface area contributed by atoms with Crippen LogP contribution in [0.1, 0.15) is 54.4 Å². The van der Waals surface area contributed by atoms with E-state index >= 15 is 0 Å². The van der Waals surface area contributed by atoms with Crippen LogP contribution in [-0.2, 0) is 19.4 Å². The van der Waals surface area contributed by atoms with Gasteiger partial charge in [-0.25, -0.2) is 4.79 Å². The minimum Gasteiger partial charge on any atom is -0.476 e. The van der Waals surface area contributed by atoms with E-state index in [1.54, 1.807) is 0 Å². The molecule has 0 bridgehead atoms. The Morgan fingerprint density at radius 2 is 2.00 bits per heavy atom. The molecule has 1 N–H and O–H groups in total. The van der Waals surface area contributed by atoms with E-state index in [1.807, 2.05) is 4.68 Å². The molecule has 1 aromatic rings. The van der Waals surface area contributed by atoms with Gasteiger partial charge in [-0.3, -0.25) is 9.58 Å². The summed E-state index contributed by atoms with van der Waals surface area (Å²) >= 11 is 0. The zero-order valence-electron chi connectivity index (χ0n) is 15.2. The average molecular weight is 334 g/mol. The third-order valence-electron chi connectivity index (χ3n) is 5.70. The molecular formula is C18H30N4O2. The van der Waals surface area contributed by atoms with Crippen molar-refractivity contribution in [1.82, 2.24) is 19.6 Å². The van der Waals surface area contributed by atoms with Crippen molar-refractivity contribution in [3.8, 4) is 0 Å². The smallest absolute Gasteiger partial charge is 0.356 e.